The molecule has 2 nitrogen and oxygen atoms in total. The molecule has 0 aliphatic carbocycles. The van der Waals surface area contributed by atoms with E-state index in [1.807, 2.05) is 0 Å². The van der Waals surface area contributed by atoms with Crippen molar-refractivity contribution < 1.29 is 8.78 Å². The van der Waals surface area contributed by atoms with E-state index in [0.717, 1.165) is 19.5 Å². The maximum absolute atomic E-state index is 13.8. The van der Waals surface area contributed by atoms with Gasteiger partial charge in [0.1, 0.15) is 11.6 Å². The van der Waals surface area contributed by atoms with Crippen LogP contribution in [0.25, 0.3) is 0 Å². The molecule has 0 aromatic heterocycles. The Hall–Kier alpha value is -1.00. The molecule has 0 bridgehead atoms. The highest BCUT2D eigenvalue weighted by Gasteiger charge is 2.29. The van der Waals surface area contributed by atoms with Crippen molar-refractivity contribution in [3.8, 4) is 0 Å². The van der Waals surface area contributed by atoms with Crippen molar-refractivity contribution in [2.75, 3.05) is 13.1 Å². The second-order valence-corrected chi connectivity index (χ2v) is 5.99. The van der Waals surface area contributed by atoms with Gasteiger partial charge < -0.3 is 5.32 Å². The van der Waals surface area contributed by atoms with Gasteiger partial charge in [0.05, 0.1) is 0 Å². The lowest BCUT2D eigenvalue weighted by molar-refractivity contribution is 0.0888. The van der Waals surface area contributed by atoms with Gasteiger partial charge in [-0.25, -0.2) is 8.78 Å². The molecule has 1 N–H and O–H groups in total. The van der Waals surface area contributed by atoms with Crippen LogP contribution in [0.3, 0.4) is 0 Å². The quantitative estimate of drug-likeness (QED) is 0.912. The number of nitrogens with one attached hydrogen (secondary N) is 1. The van der Waals surface area contributed by atoms with Gasteiger partial charge in [-0.2, -0.15) is 0 Å². The number of benzene rings is 1. The summed E-state index contributed by atoms with van der Waals surface area (Å²) < 4.78 is 27.1. The molecule has 0 spiro atoms. The third-order valence-electron chi connectivity index (χ3n) is 4.18. The Labute approximate surface area is 120 Å². The lowest BCUT2D eigenvalue weighted by Crippen LogP contribution is -2.57. The van der Waals surface area contributed by atoms with Gasteiger partial charge >= 0.3 is 0 Å². The molecule has 1 aliphatic rings. The first-order valence-electron chi connectivity index (χ1n) is 7.42. The van der Waals surface area contributed by atoms with E-state index in [1.54, 1.807) is 0 Å². The van der Waals surface area contributed by atoms with Crippen LogP contribution in [0.5, 0.6) is 0 Å². The molecule has 1 heterocycles. The molecule has 1 aromatic carbocycles. The van der Waals surface area contributed by atoms with Crippen molar-refractivity contribution in [2.24, 2.45) is 5.92 Å². The SMILES string of the molecule is CCC1CN(Cc2cc(F)ccc2F)C(C(C)C)CN1. The number of piperazine rings is 1. The molecular formula is C16H24F2N2. The molecule has 4 heteroatoms. The van der Waals surface area contributed by atoms with Crippen molar-refractivity contribution in [1.82, 2.24) is 10.2 Å². The van der Waals surface area contributed by atoms with Crippen LogP contribution in [0.2, 0.25) is 0 Å². The standard InChI is InChI=1S/C16H24F2N2/c1-4-14-10-20(16(8-19-14)11(2)3)9-12-7-13(17)5-6-15(12)18/h5-7,11,14,16,19H,4,8-10H2,1-3H3. The molecule has 1 fully saturated rings. The molecule has 0 amide bonds. The molecule has 1 aliphatic heterocycles. The van der Waals surface area contributed by atoms with Crippen LogP contribution in [0.4, 0.5) is 8.78 Å². The van der Waals surface area contributed by atoms with Crippen LogP contribution >= 0.6 is 0 Å². The minimum Gasteiger partial charge on any atom is -0.311 e. The molecule has 2 atom stereocenters. The lowest BCUT2D eigenvalue weighted by atomic mass is 9.97. The smallest absolute Gasteiger partial charge is 0.127 e. The van der Waals surface area contributed by atoms with Crippen LogP contribution in [0.1, 0.15) is 32.8 Å². The van der Waals surface area contributed by atoms with E-state index >= 15 is 0 Å². The van der Waals surface area contributed by atoms with Gasteiger partial charge in [0.15, 0.2) is 0 Å². The largest absolute Gasteiger partial charge is 0.311 e. The average Bonchev–Trinajstić information content (AvgIpc) is 2.42. The van der Waals surface area contributed by atoms with Gasteiger partial charge in [-0.05, 0) is 30.5 Å². The molecule has 2 unspecified atom stereocenters. The first-order chi connectivity index (χ1) is 9.51. The zero-order valence-electron chi connectivity index (χ0n) is 12.5. The summed E-state index contributed by atoms with van der Waals surface area (Å²) in [6, 6.07) is 4.50. The fourth-order valence-corrected chi connectivity index (χ4v) is 2.90. The third-order valence-corrected chi connectivity index (χ3v) is 4.18. The van der Waals surface area contributed by atoms with Gasteiger partial charge in [-0.1, -0.05) is 20.8 Å². The summed E-state index contributed by atoms with van der Waals surface area (Å²) in [7, 11) is 0. The molecule has 20 heavy (non-hydrogen) atoms. The highest BCUT2D eigenvalue weighted by atomic mass is 19.1. The zero-order chi connectivity index (χ0) is 14.7. The highest BCUT2D eigenvalue weighted by Crippen LogP contribution is 2.21. The summed E-state index contributed by atoms with van der Waals surface area (Å²) in [6.07, 6.45) is 1.05. The van der Waals surface area contributed by atoms with E-state index in [2.05, 4.69) is 31.0 Å². The van der Waals surface area contributed by atoms with E-state index in [4.69, 9.17) is 0 Å². The number of hydrogen-bond donors (Lipinski definition) is 1. The summed E-state index contributed by atoms with van der Waals surface area (Å²) in [6.45, 7) is 8.77. The van der Waals surface area contributed by atoms with Crippen molar-refractivity contribution in [3.63, 3.8) is 0 Å². The molecule has 2 rings (SSSR count). The number of rotatable bonds is 4. The second kappa shape index (κ2) is 6.64. The fourth-order valence-electron chi connectivity index (χ4n) is 2.90. The van der Waals surface area contributed by atoms with Crippen LogP contribution in [-0.4, -0.2) is 30.1 Å². The molecule has 1 saturated heterocycles. The van der Waals surface area contributed by atoms with Crippen LogP contribution in [0.15, 0.2) is 18.2 Å². The van der Waals surface area contributed by atoms with E-state index in [-0.39, 0.29) is 11.6 Å². The minimum atomic E-state index is -0.371. The summed E-state index contributed by atoms with van der Waals surface area (Å²) >= 11 is 0. The minimum absolute atomic E-state index is 0.319. The first-order valence-corrected chi connectivity index (χ1v) is 7.42. The number of hydrogen-bond acceptors (Lipinski definition) is 2. The Morgan fingerprint density at radius 3 is 2.75 bits per heavy atom. The molecule has 0 radical (unpaired) electrons. The Morgan fingerprint density at radius 2 is 2.10 bits per heavy atom. The Bertz CT molecular complexity index is 448. The summed E-state index contributed by atoms with van der Waals surface area (Å²) in [5.74, 6) is -0.206. The van der Waals surface area contributed by atoms with E-state index in [1.165, 1.54) is 18.2 Å². The topological polar surface area (TPSA) is 15.3 Å². The predicted molar refractivity (Wildman–Crippen MR) is 77.5 cm³/mol. The Balaban J connectivity index is 2.16. The van der Waals surface area contributed by atoms with Crippen LogP contribution in [-0.2, 0) is 6.54 Å². The van der Waals surface area contributed by atoms with E-state index in [9.17, 15) is 8.78 Å². The van der Waals surface area contributed by atoms with Crippen molar-refractivity contribution in [1.29, 1.82) is 0 Å². The Kier molecular flexibility index (Phi) is 5.11. The highest BCUT2D eigenvalue weighted by molar-refractivity contribution is 5.19. The van der Waals surface area contributed by atoms with Crippen molar-refractivity contribution in [3.05, 3.63) is 35.4 Å². The predicted octanol–water partition coefficient (Wildman–Crippen LogP) is 3.17. The summed E-state index contributed by atoms with van der Waals surface area (Å²) in [5, 5.41) is 3.53. The summed E-state index contributed by atoms with van der Waals surface area (Å²) in [4.78, 5) is 2.28. The van der Waals surface area contributed by atoms with Gasteiger partial charge in [0.2, 0.25) is 0 Å². The maximum Gasteiger partial charge on any atom is 0.127 e. The maximum atomic E-state index is 13.8. The monoisotopic (exact) mass is 282 g/mol. The van der Waals surface area contributed by atoms with Gasteiger partial charge in [0, 0.05) is 37.3 Å². The van der Waals surface area contributed by atoms with E-state index in [0.29, 0.717) is 30.1 Å². The average molecular weight is 282 g/mol. The summed E-state index contributed by atoms with van der Waals surface area (Å²) in [5.41, 5.74) is 0.451. The molecule has 112 valence electrons. The van der Waals surface area contributed by atoms with Crippen LogP contribution in [0, 0.1) is 17.6 Å². The molecule has 0 saturated carbocycles. The fraction of sp³-hybridized carbons (Fsp3) is 0.625. The second-order valence-electron chi connectivity index (χ2n) is 5.99. The molecule has 1 aromatic rings. The van der Waals surface area contributed by atoms with E-state index < -0.39 is 0 Å². The van der Waals surface area contributed by atoms with Gasteiger partial charge in [-0.15, -0.1) is 0 Å². The number of halogens is 2. The first kappa shape index (κ1) is 15.4. The van der Waals surface area contributed by atoms with Crippen molar-refractivity contribution >= 4 is 0 Å². The lowest BCUT2D eigenvalue weighted by Gasteiger charge is -2.42. The van der Waals surface area contributed by atoms with Crippen LogP contribution < -0.4 is 5.32 Å². The third kappa shape index (κ3) is 3.55. The molecular weight excluding hydrogens is 258 g/mol. The van der Waals surface area contributed by atoms with Gasteiger partial charge in [0.25, 0.3) is 0 Å². The normalized spacial score (nSPS) is 24.3. The zero-order valence-corrected chi connectivity index (χ0v) is 12.5. The Morgan fingerprint density at radius 1 is 1.35 bits per heavy atom. The van der Waals surface area contributed by atoms with Crippen molar-refractivity contribution in [2.45, 2.75) is 45.8 Å². The van der Waals surface area contributed by atoms with Gasteiger partial charge in [-0.3, -0.25) is 4.90 Å². The number of nitrogens with zero attached hydrogens (tertiary/aromatic N) is 1.